The second-order valence-corrected chi connectivity index (χ2v) is 8.82. The van der Waals surface area contributed by atoms with Gasteiger partial charge in [-0.15, -0.1) is 0 Å². The number of rotatable bonds is 5. The Balaban J connectivity index is 1.42. The molecule has 2 aromatic carbocycles. The van der Waals surface area contributed by atoms with Gasteiger partial charge in [-0.25, -0.2) is 14.3 Å². The van der Waals surface area contributed by atoms with Crippen molar-refractivity contribution in [1.29, 1.82) is 0 Å². The zero-order valence-corrected chi connectivity index (χ0v) is 20.1. The van der Waals surface area contributed by atoms with Crippen LogP contribution in [0, 0.1) is 6.92 Å². The van der Waals surface area contributed by atoms with Crippen LogP contribution >= 0.6 is 11.6 Å². The molecule has 3 amide bonds. The Hall–Kier alpha value is -4.06. The summed E-state index contributed by atoms with van der Waals surface area (Å²) in [6, 6.07) is 7.68. The Bertz CT molecular complexity index is 1370. The summed E-state index contributed by atoms with van der Waals surface area (Å²) in [6.45, 7) is 1.94. The zero-order chi connectivity index (χ0) is 26.9. The molecule has 13 heteroatoms. The summed E-state index contributed by atoms with van der Waals surface area (Å²) >= 11 is 5.72. The molecule has 2 heterocycles. The maximum absolute atomic E-state index is 12.9. The van der Waals surface area contributed by atoms with Crippen LogP contribution in [0.3, 0.4) is 0 Å². The third-order valence-corrected chi connectivity index (χ3v) is 6.20. The highest BCUT2D eigenvalue weighted by atomic mass is 35.5. The van der Waals surface area contributed by atoms with Crippen molar-refractivity contribution in [1.82, 2.24) is 14.7 Å². The fraction of sp³-hybridized carbons (Fsp3) is 0.250. The standard InChI is InChI=1S/C24H21ClF3N5O4/c1-13-11-15(5-6-16(13)22(35)36)33-10-8-20(31-33)30-21(34)19-3-2-9-32(19)23(37)29-14-4-7-17(18(25)12-14)24(26,27)28/h4-8,10-12,19H,2-3,9H2,1H3,(H,29,37)(H,35,36)(H,30,31,34). The first-order valence-electron chi connectivity index (χ1n) is 11.1. The maximum Gasteiger partial charge on any atom is 0.417 e. The second kappa shape index (κ2) is 10.1. The second-order valence-electron chi connectivity index (χ2n) is 8.41. The fourth-order valence-electron chi connectivity index (χ4n) is 4.07. The molecule has 0 radical (unpaired) electrons. The number of aryl methyl sites for hydroxylation is 1. The number of nitrogens with one attached hydrogen (secondary N) is 2. The molecule has 9 nitrogen and oxygen atoms in total. The molecule has 0 bridgehead atoms. The van der Waals surface area contributed by atoms with Crippen LogP contribution in [0.1, 0.15) is 34.3 Å². The molecule has 0 aliphatic carbocycles. The Morgan fingerprint density at radius 3 is 2.51 bits per heavy atom. The summed E-state index contributed by atoms with van der Waals surface area (Å²) in [4.78, 5) is 38.2. The van der Waals surface area contributed by atoms with E-state index in [9.17, 15) is 32.7 Å². The Morgan fingerprint density at radius 2 is 1.86 bits per heavy atom. The van der Waals surface area contributed by atoms with Crippen molar-refractivity contribution < 1.29 is 32.7 Å². The van der Waals surface area contributed by atoms with E-state index < -0.39 is 40.7 Å². The van der Waals surface area contributed by atoms with E-state index in [1.54, 1.807) is 31.3 Å². The highest BCUT2D eigenvalue weighted by Gasteiger charge is 2.35. The molecular formula is C24H21ClF3N5O4. The fourth-order valence-corrected chi connectivity index (χ4v) is 4.36. The number of halogens is 4. The average Bonchev–Trinajstić information content (AvgIpc) is 3.48. The van der Waals surface area contributed by atoms with E-state index in [0.717, 1.165) is 18.2 Å². The van der Waals surface area contributed by atoms with Gasteiger partial charge in [-0.05, 0) is 61.7 Å². The number of amides is 3. The van der Waals surface area contributed by atoms with Crippen LogP contribution in [0.25, 0.3) is 5.69 Å². The van der Waals surface area contributed by atoms with Crippen molar-refractivity contribution in [3.8, 4) is 5.69 Å². The smallest absolute Gasteiger partial charge is 0.417 e. The predicted octanol–water partition coefficient (Wildman–Crippen LogP) is 5.19. The van der Waals surface area contributed by atoms with Crippen LogP contribution in [-0.4, -0.2) is 50.3 Å². The molecule has 1 aliphatic heterocycles. The number of nitrogens with zero attached hydrogens (tertiary/aromatic N) is 3. The molecule has 37 heavy (non-hydrogen) atoms. The van der Waals surface area contributed by atoms with E-state index >= 15 is 0 Å². The van der Waals surface area contributed by atoms with E-state index in [4.69, 9.17) is 11.6 Å². The lowest BCUT2D eigenvalue weighted by Crippen LogP contribution is -2.45. The van der Waals surface area contributed by atoms with E-state index in [2.05, 4.69) is 15.7 Å². The van der Waals surface area contributed by atoms with Crippen LogP contribution < -0.4 is 10.6 Å². The number of anilines is 2. The number of benzene rings is 2. The molecule has 0 spiro atoms. The topological polar surface area (TPSA) is 117 Å². The third kappa shape index (κ3) is 5.69. The summed E-state index contributed by atoms with van der Waals surface area (Å²) < 4.78 is 40.2. The number of likely N-dealkylation sites (tertiary alicyclic amines) is 1. The molecule has 3 N–H and O–H groups in total. The molecule has 1 unspecified atom stereocenters. The summed E-state index contributed by atoms with van der Waals surface area (Å²) in [6.07, 6.45) is -2.07. The maximum atomic E-state index is 12.9. The van der Waals surface area contributed by atoms with Crippen LogP contribution in [0.4, 0.5) is 29.5 Å². The molecule has 3 aromatic rings. The number of carbonyl (C=O) groups excluding carboxylic acids is 2. The zero-order valence-electron chi connectivity index (χ0n) is 19.3. The van der Waals surface area contributed by atoms with Crippen LogP contribution in [0.15, 0.2) is 48.7 Å². The lowest BCUT2D eigenvalue weighted by molar-refractivity contribution is -0.137. The number of hydrogen-bond donors (Lipinski definition) is 3. The normalized spacial score (nSPS) is 15.5. The van der Waals surface area contributed by atoms with Gasteiger partial charge in [-0.2, -0.15) is 18.3 Å². The van der Waals surface area contributed by atoms with Crippen molar-refractivity contribution in [3.05, 3.63) is 70.4 Å². The van der Waals surface area contributed by atoms with Crippen molar-refractivity contribution in [2.24, 2.45) is 0 Å². The van der Waals surface area contributed by atoms with Crippen molar-refractivity contribution in [2.45, 2.75) is 32.0 Å². The number of carboxylic acid groups (broad SMARTS) is 1. The van der Waals surface area contributed by atoms with Gasteiger partial charge in [0.2, 0.25) is 5.91 Å². The quantitative estimate of drug-likeness (QED) is 0.416. The molecule has 1 aliphatic rings. The van der Waals surface area contributed by atoms with E-state index in [0.29, 0.717) is 24.1 Å². The first kappa shape index (κ1) is 26.0. The van der Waals surface area contributed by atoms with Crippen LogP contribution in [0.2, 0.25) is 5.02 Å². The predicted molar refractivity (Wildman–Crippen MR) is 129 cm³/mol. The number of carbonyl (C=O) groups is 3. The van der Waals surface area contributed by atoms with Gasteiger partial charge in [0, 0.05) is 24.5 Å². The molecule has 0 saturated carbocycles. The molecule has 1 fully saturated rings. The van der Waals surface area contributed by atoms with Crippen molar-refractivity contribution >= 4 is 41.0 Å². The SMILES string of the molecule is Cc1cc(-n2ccc(NC(=O)C3CCCN3C(=O)Nc3ccc(C(F)(F)F)c(Cl)c3)n2)ccc1C(=O)O. The van der Waals surface area contributed by atoms with Gasteiger partial charge in [0.05, 0.1) is 21.8 Å². The molecule has 1 saturated heterocycles. The summed E-state index contributed by atoms with van der Waals surface area (Å²) in [5, 5.41) is 18.1. The summed E-state index contributed by atoms with van der Waals surface area (Å²) in [7, 11) is 0. The van der Waals surface area contributed by atoms with Crippen molar-refractivity contribution in [2.75, 3.05) is 17.2 Å². The van der Waals surface area contributed by atoms with Gasteiger partial charge in [0.25, 0.3) is 0 Å². The average molecular weight is 536 g/mol. The van der Waals surface area contributed by atoms with E-state index in [1.807, 2.05) is 0 Å². The van der Waals surface area contributed by atoms with Gasteiger partial charge in [0.15, 0.2) is 5.82 Å². The number of hydrogen-bond acceptors (Lipinski definition) is 4. The molecule has 194 valence electrons. The number of urea groups is 1. The minimum absolute atomic E-state index is 0.0667. The van der Waals surface area contributed by atoms with Gasteiger partial charge in [-0.3, -0.25) is 4.79 Å². The van der Waals surface area contributed by atoms with Gasteiger partial charge >= 0.3 is 18.2 Å². The first-order valence-corrected chi connectivity index (χ1v) is 11.5. The number of aromatic carboxylic acids is 1. The largest absolute Gasteiger partial charge is 0.478 e. The lowest BCUT2D eigenvalue weighted by Gasteiger charge is -2.24. The first-order chi connectivity index (χ1) is 17.4. The van der Waals surface area contributed by atoms with E-state index in [-0.39, 0.29) is 23.6 Å². The summed E-state index contributed by atoms with van der Waals surface area (Å²) in [5.74, 6) is -1.28. The van der Waals surface area contributed by atoms with Crippen LogP contribution in [-0.2, 0) is 11.0 Å². The minimum Gasteiger partial charge on any atom is -0.478 e. The number of carboxylic acids is 1. The Morgan fingerprint density at radius 1 is 1.11 bits per heavy atom. The number of aromatic nitrogens is 2. The molecular weight excluding hydrogens is 515 g/mol. The van der Waals surface area contributed by atoms with Crippen molar-refractivity contribution in [3.63, 3.8) is 0 Å². The third-order valence-electron chi connectivity index (χ3n) is 5.89. The Labute approximate surface area is 213 Å². The van der Waals surface area contributed by atoms with E-state index in [1.165, 1.54) is 15.6 Å². The van der Waals surface area contributed by atoms with Crippen LogP contribution in [0.5, 0.6) is 0 Å². The lowest BCUT2D eigenvalue weighted by atomic mass is 10.1. The molecule has 4 rings (SSSR count). The van der Waals surface area contributed by atoms with Gasteiger partial charge < -0.3 is 20.6 Å². The van der Waals surface area contributed by atoms with Gasteiger partial charge in [0.1, 0.15) is 6.04 Å². The Kier molecular flexibility index (Phi) is 7.12. The van der Waals surface area contributed by atoms with Gasteiger partial charge in [-0.1, -0.05) is 11.6 Å². The highest BCUT2D eigenvalue weighted by molar-refractivity contribution is 6.31. The summed E-state index contributed by atoms with van der Waals surface area (Å²) in [5.41, 5.74) is 0.366. The molecule has 1 aromatic heterocycles. The number of alkyl halides is 3. The highest BCUT2D eigenvalue weighted by Crippen LogP contribution is 2.36. The molecule has 1 atom stereocenters. The monoisotopic (exact) mass is 535 g/mol. The minimum atomic E-state index is -4.62.